The van der Waals surface area contributed by atoms with Gasteiger partial charge in [-0.2, -0.15) is 0 Å². The molecule has 0 aromatic carbocycles. The van der Waals surface area contributed by atoms with Gasteiger partial charge in [-0.3, -0.25) is 0 Å². The van der Waals surface area contributed by atoms with Crippen LogP contribution in [0, 0.1) is 40.4 Å². The normalized spacial score (nSPS) is 38.9. The highest BCUT2D eigenvalue weighted by atomic mass is 16.6. The van der Waals surface area contributed by atoms with Crippen LogP contribution in [0.1, 0.15) is 92.9 Å². The van der Waals surface area contributed by atoms with E-state index in [1.165, 1.54) is 37.7 Å². The van der Waals surface area contributed by atoms with Crippen molar-refractivity contribution in [1.29, 1.82) is 0 Å². The number of alkyl carbamates (subject to hydrolysis) is 1. The Hall–Kier alpha value is -1.60. The molecule has 1 unspecified atom stereocenters. The van der Waals surface area contributed by atoms with Crippen molar-refractivity contribution in [1.82, 2.24) is 10.6 Å². The Labute approximate surface area is 223 Å². The van der Waals surface area contributed by atoms with Gasteiger partial charge in [0.25, 0.3) is 0 Å². The Kier molecular flexibility index (Phi) is 8.08. The molecule has 0 spiro atoms. The van der Waals surface area contributed by atoms with E-state index in [1.54, 1.807) is 20.8 Å². The molecule has 4 rings (SSSR count). The molecule has 0 radical (unpaired) electrons. The van der Waals surface area contributed by atoms with Crippen LogP contribution in [0.15, 0.2) is 11.6 Å². The van der Waals surface area contributed by atoms with Crippen molar-refractivity contribution in [2.24, 2.45) is 40.4 Å². The van der Waals surface area contributed by atoms with Crippen LogP contribution in [0.25, 0.3) is 0 Å². The highest BCUT2D eigenvalue weighted by Gasteiger charge is 2.59. The average Bonchev–Trinajstić information content (AvgIpc) is 3.14. The number of aliphatic carboxylic acids is 1. The number of aliphatic hydroxyl groups excluding tert-OH is 1. The number of carbonyl (C=O) groups excluding carboxylic acids is 1. The topological polar surface area (TPSA) is 108 Å². The zero-order valence-electron chi connectivity index (χ0n) is 23.8. The number of carboxylic acids is 1. The number of hydrogen-bond donors (Lipinski definition) is 4. The molecule has 210 valence electrons. The summed E-state index contributed by atoms with van der Waals surface area (Å²) in [6.45, 7) is 13.5. The van der Waals surface area contributed by atoms with Crippen LogP contribution in [0.4, 0.5) is 4.79 Å². The monoisotopic (exact) mass is 518 g/mol. The third-order valence-electron chi connectivity index (χ3n) is 10.6. The number of carboxylic acid groups (broad SMARTS) is 1. The summed E-state index contributed by atoms with van der Waals surface area (Å²) in [5.74, 6) is 2.19. The predicted molar refractivity (Wildman–Crippen MR) is 144 cm³/mol. The van der Waals surface area contributed by atoms with Gasteiger partial charge in [0.05, 0.1) is 6.10 Å². The Morgan fingerprint density at radius 1 is 1.11 bits per heavy atom. The minimum Gasteiger partial charge on any atom is -0.480 e. The van der Waals surface area contributed by atoms with E-state index >= 15 is 0 Å². The lowest BCUT2D eigenvalue weighted by Gasteiger charge is -2.58. The summed E-state index contributed by atoms with van der Waals surface area (Å²) in [6, 6.07) is -1.03. The van der Waals surface area contributed by atoms with Crippen molar-refractivity contribution in [3.8, 4) is 0 Å². The lowest BCUT2D eigenvalue weighted by atomic mass is 9.47. The lowest BCUT2D eigenvalue weighted by Crippen LogP contribution is -2.51. The number of nitrogens with one attached hydrogen (secondary N) is 2. The maximum absolute atomic E-state index is 12.1. The molecule has 0 aliphatic heterocycles. The summed E-state index contributed by atoms with van der Waals surface area (Å²) in [5.41, 5.74) is 1.44. The standard InChI is InChI=1S/C30H50N2O5/c1-18(16-31-17-25(26(34)35)32-27(36)37-28(2,3)4)22-9-10-23-21-8-7-19-15-20(33)11-13-29(19,5)24(21)12-14-30(22,23)6/h7,18,20-25,31,33H,8-17H2,1-6H3,(H,32,36)(H,34,35)/t18-,20+,21?,22-,23+,24+,25+,29+,30-/m1/s1. The molecule has 3 saturated carbocycles. The van der Waals surface area contributed by atoms with Crippen LogP contribution in [-0.2, 0) is 9.53 Å². The molecule has 4 aliphatic carbocycles. The van der Waals surface area contributed by atoms with Gasteiger partial charge >= 0.3 is 12.1 Å². The minimum atomic E-state index is -1.06. The molecule has 0 aromatic rings. The van der Waals surface area contributed by atoms with E-state index in [4.69, 9.17) is 4.74 Å². The molecule has 0 bridgehead atoms. The molecular formula is C30H50N2O5. The van der Waals surface area contributed by atoms with Crippen LogP contribution >= 0.6 is 0 Å². The number of fused-ring (bicyclic) bond motifs is 5. The number of allylic oxidation sites excluding steroid dienone is 1. The van der Waals surface area contributed by atoms with Gasteiger partial charge in [-0.25, -0.2) is 9.59 Å². The number of ether oxygens (including phenoxy) is 1. The van der Waals surface area contributed by atoms with E-state index in [0.29, 0.717) is 17.3 Å². The van der Waals surface area contributed by atoms with Crippen molar-refractivity contribution >= 4 is 12.1 Å². The van der Waals surface area contributed by atoms with Gasteiger partial charge in [-0.05, 0) is 119 Å². The summed E-state index contributed by atoms with van der Waals surface area (Å²) in [6.07, 6.45) is 10.8. The predicted octanol–water partition coefficient (Wildman–Crippen LogP) is 5.13. The van der Waals surface area contributed by atoms with E-state index in [2.05, 4.69) is 37.5 Å². The molecular weight excluding hydrogens is 468 g/mol. The van der Waals surface area contributed by atoms with Crippen molar-refractivity contribution < 1.29 is 24.5 Å². The Morgan fingerprint density at radius 3 is 2.51 bits per heavy atom. The molecule has 4 aliphatic rings. The van der Waals surface area contributed by atoms with Crippen molar-refractivity contribution in [3.63, 3.8) is 0 Å². The van der Waals surface area contributed by atoms with Crippen molar-refractivity contribution in [2.75, 3.05) is 13.1 Å². The maximum atomic E-state index is 12.1. The molecule has 37 heavy (non-hydrogen) atoms. The molecule has 0 saturated heterocycles. The van der Waals surface area contributed by atoms with Gasteiger partial charge in [0, 0.05) is 6.54 Å². The lowest BCUT2D eigenvalue weighted by molar-refractivity contribution is -0.139. The van der Waals surface area contributed by atoms with Gasteiger partial charge < -0.3 is 25.6 Å². The zero-order chi connectivity index (χ0) is 27.2. The second-order valence-corrected chi connectivity index (χ2v) is 14.1. The van der Waals surface area contributed by atoms with Gasteiger partial charge in [-0.1, -0.05) is 32.4 Å². The zero-order valence-corrected chi connectivity index (χ0v) is 23.8. The highest BCUT2D eigenvalue weighted by Crippen LogP contribution is 2.67. The third-order valence-corrected chi connectivity index (χ3v) is 10.6. The Balaban J connectivity index is 1.35. The summed E-state index contributed by atoms with van der Waals surface area (Å²) in [4.78, 5) is 23.8. The van der Waals surface area contributed by atoms with Crippen LogP contribution in [-0.4, -0.2) is 53.1 Å². The average molecular weight is 519 g/mol. The van der Waals surface area contributed by atoms with Gasteiger partial charge in [0.15, 0.2) is 0 Å². The van der Waals surface area contributed by atoms with E-state index < -0.39 is 23.7 Å². The molecule has 1 amide bonds. The van der Waals surface area contributed by atoms with Gasteiger partial charge in [-0.15, -0.1) is 0 Å². The third kappa shape index (κ3) is 5.73. The number of amides is 1. The van der Waals surface area contributed by atoms with E-state index in [9.17, 15) is 19.8 Å². The molecule has 7 nitrogen and oxygen atoms in total. The van der Waals surface area contributed by atoms with E-state index in [0.717, 1.165) is 43.6 Å². The second kappa shape index (κ2) is 10.5. The first-order valence-corrected chi connectivity index (χ1v) is 14.5. The van der Waals surface area contributed by atoms with Crippen LogP contribution in [0.5, 0.6) is 0 Å². The molecule has 4 N–H and O–H groups in total. The molecule has 9 atom stereocenters. The number of aliphatic hydroxyl groups is 1. The van der Waals surface area contributed by atoms with Gasteiger partial charge in [0.2, 0.25) is 0 Å². The molecule has 3 fully saturated rings. The number of carbonyl (C=O) groups is 2. The van der Waals surface area contributed by atoms with Crippen LogP contribution < -0.4 is 10.6 Å². The van der Waals surface area contributed by atoms with Gasteiger partial charge in [0.1, 0.15) is 11.6 Å². The Morgan fingerprint density at radius 2 is 1.84 bits per heavy atom. The summed E-state index contributed by atoms with van der Waals surface area (Å²) in [7, 11) is 0. The maximum Gasteiger partial charge on any atom is 0.408 e. The quantitative estimate of drug-likeness (QED) is 0.348. The number of hydrogen-bond acceptors (Lipinski definition) is 5. The Bertz CT molecular complexity index is 897. The smallest absolute Gasteiger partial charge is 0.408 e. The largest absolute Gasteiger partial charge is 0.480 e. The van der Waals surface area contributed by atoms with Crippen molar-refractivity contribution in [2.45, 2.75) is 111 Å². The van der Waals surface area contributed by atoms with E-state index in [1.807, 2.05) is 0 Å². The van der Waals surface area contributed by atoms with E-state index in [-0.39, 0.29) is 18.1 Å². The summed E-state index contributed by atoms with van der Waals surface area (Å²) < 4.78 is 5.23. The fourth-order valence-corrected chi connectivity index (χ4v) is 8.86. The summed E-state index contributed by atoms with van der Waals surface area (Å²) >= 11 is 0. The fourth-order valence-electron chi connectivity index (χ4n) is 8.86. The highest BCUT2D eigenvalue weighted by molar-refractivity contribution is 5.80. The molecule has 0 aromatic heterocycles. The number of rotatable bonds is 7. The molecule has 7 heteroatoms. The van der Waals surface area contributed by atoms with Crippen molar-refractivity contribution in [3.05, 3.63) is 11.6 Å². The second-order valence-electron chi connectivity index (χ2n) is 14.1. The molecule has 0 heterocycles. The fraction of sp³-hybridized carbons (Fsp3) is 0.867. The van der Waals surface area contributed by atoms with Crippen LogP contribution in [0.3, 0.4) is 0 Å². The first kappa shape index (κ1) is 28.4. The SMILES string of the molecule is C[C@H](CNC[C@H](NC(=O)OC(C)(C)C)C(=O)O)[C@H]1CC[C@H]2C3CC=C4C[C@@H](O)CC[C@]4(C)[C@H]3CC[C@]12C. The first-order valence-electron chi connectivity index (χ1n) is 14.5. The minimum absolute atomic E-state index is 0.158. The first-order chi connectivity index (χ1) is 17.2. The summed E-state index contributed by atoms with van der Waals surface area (Å²) in [5, 5.41) is 25.7. The van der Waals surface area contributed by atoms with Crippen LogP contribution in [0.2, 0.25) is 0 Å².